The second-order valence-corrected chi connectivity index (χ2v) is 2.37. The van der Waals surface area contributed by atoms with E-state index in [0.29, 0.717) is 5.96 Å². The van der Waals surface area contributed by atoms with Crippen LogP contribution in [0.4, 0.5) is 0 Å². The monoisotopic (exact) mass is 138 g/mol. The highest BCUT2D eigenvalue weighted by Crippen LogP contribution is 2.10. The van der Waals surface area contributed by atoms with E-state index in [9.17, 15) is 0 Å². The molecule has 10 heavy (non-hydrogen) atoms. The van der Waals surface area contributed by atoms with Gasteiger partial charge in [0, 0.05) is 13.1 Å². The first-order valence-corrected chi connectivity index (χ1v) is 3.40. The van der Waals surface area contributed by atoms with Gasteiger partial charge in [0.2, 0.25) is 0 Å². The van der Waals surface area contributed by atoms with Crippen LogP contribution in [0.3, 0.4) is 0 Å². The Labute approximate surface area is 58.8 Å². The van der Waals surface area contributed by atoms with Crippen molar-refractivity contribution in [1.82, 2.24) is 10.4 Å². The third-order valence-electron chi connectivity index (χ3n) is 1.70. The van der Waals surface area contributed by atoms with Crippen LogP contribution in [0.2, 0.25) is 0 Å². The van der Waals surface area contributed by atoms with E-state index < -0.39 is 0 Å². The lowest BCUT2D eigenvalue weighted by Gasteiger charge is -2.10. The summed E-state index contributed by atoms with van der Waals surface area (Å²) in [5.41, 5.74) is 3.41. The fourth-order valence-electron chi connectivity index (χ4n) is 1.18. The van der Waals surface area contributed by atoms with Crippen molar-refractivity contribution in [3.8, 4) is 0 Å². The van der Waals surface area contributed by atoms with Crippen LogP contribution < -0.4 is 5.53 Å². The van der Waals surface area contributed by atoms with E-state index in [-0.39, 0.29) is 0 Å². The van der Waals surface area contributed by atoms with Gasteiger partial charge in [-0.15, -0.1) is 0 Å². The molecule has 1 radical (unpaired) electrons. The molecule has 0 N–H and O–H groups in total. The summed E-state index contributed by atoms with van der Waals surface area (Å²) >= 11 is 0. The molecule has 5 nitrogen and oxygen atoms in total. The molecule has 0 atom stereocenters. The Hall–Kier alpha value is -1.13. The summed E-state index contributed by atoms with van der Waals surface area (Å²) in [6.45, 7) is 2.10. The predicted molar refractivity (Wildman–Crippen MR) is 35.2 cm³/mol. The van der Waals surface area contributed by atoms with E-state index in [0.717, 1.165) is 13.1 Å². The zero-order chi connectivity index (χ0) is 6.81. The Bertz CT molecular complexity index is 178. The maximum Gasteiger partial charge on any atom is 0.268 e. The third-order valence-corrected chi connectivity index (χ3v) is 1.70. The van der Waals surface area contributed by atoms with Crippen molar-refractivity contribution < 1.29 is 0 Å². The molecule has 1 saturated heterocycles. The summed E-state index contributed by atoms with van der Waals surface area (Å²) in [4.78, 5) is 2.10. The summed E-state index contributed by atoms with van der Waals surface area (Å²) in [5.74, 6) is 0.678. The Morgan fingerprint density at radius 3 is 2.60 bits per heavy atom. The normalized spacial score (nSPS) is 23.2. The van der Waals surface area contributed by atoms with E-state index in [2.05, 4.69) is 25.9 Å². The number of guanidine groups is 1. The number of nitrogens with zero attached hydrogens (tertiary/aromatic N) is 5. The van der Waals surface area contributed by atoms with Crippen LogP contribution in [0.1, 0.15) is 12.8 Å². The lowest BCUT2D eigenvalue weighted by atomic mass is 10.4. The predicted octanol–water partition coefficient (Wildman–Crippen LogP) is 0.338. The molecular weight excluding hydrogens is 130 g/mol. The second kappa shape index (κ2) is 2.24. The minimum absolute atomic E-state index is 0.678. The summed E-state index contributed by atoms with van der Waals surface area (Å²) in [5, 5.41) is 10.9. The van der Waals surface area contributed by atoms with Crippen LogP contribution in [0, 0.1) is 0 Å². The van der Waals surface area contributed by atoms with Gasteiger partial charge in [0.25, 0.3) is 5.96 Å². The molecule has 0 aromatic carbocycles. The maximum absolute atomic E-state index is 3.75. The molecule has 0 aromatic heterocycles. The van der Waals surface area contributed by atoms with Gasteiger partial charge in [0.05, 0.1) is 0 Å². The van der Waals surface area contributed by atoms with Gasteiger partial charge < -0.3 is 4.90 Å². The van der Waals surface area contributed by atoms with E-state index in [1.165, 1.54) is 12.8 Å². The Kier molecular flexibility index (Phi) is 1.26. The van der Waals surface area contributed by atoms with E-state index in [4.69, 9.17) is 0 Å². The van der Waals surface area contributed by atoms with Crippen LogP contribution in [-0.2, 0) is 0 Å². The highest BCUT2D eigenvalue weighted by molar-refractivity contribution is 5.80. The summed E-state index contributed by atoms with van der Waals surface area (Å²) < 4.78 is 0. The molecule has 0 bridgehead atoms. The average Bonchev–Trinajstić information content (AvgIpc) is 2.59. The zero-order valence-corrected chi connectivity index (χ0v) is 5.56. The number of likely N-dealkylation sites (tertiary alicyclic amines) is 1. The first-order chi connectivity index (χ1) is 4.97. The highest BCUT2D eigenvalue weighted by atomic mass is 15.7. The van der Waals surface area contributed by atoms with Gasteiger partial charge in [0.15, 0.2) is 0 Å². The SMILES string of the molecule is C1CCN(C2=N[N]N=N2)C1. The minimum Gasteiger partial charge on any atom is -0.338 e. The summed E-state index contributed by atoms with van der Waals surface area (Å²) in [7, 11) is 0. The fourth-order valence-corrected chi connectivity index (χ4v) is 1.18. The lowest BCUT2D eigenvalue weighted by molar-refractivity contribution is 0.512. The van der Waals surface area contributed by atoms with E-state index in [1.807, 2.05) is 0 Å². The summed E-state index contributed by atoms with van der Waals surface area (Å²) in [6.07, 6.45) is 2.46. The molecule has 0 unspecified atom stereocenters. The molecule has 0 amide bonds. The number of hydrogen-bond donors (Lipinski definition) is 0. The quantitative estimate of drug-likeness (QED) is 0.476. The van der Waals surface area contributed by atoms with Crippen molar-refractivity contribution >= 4 is 5.96 Å². The number of rotatable bonds is 0. The van der Waals surface area contributed by atoms with Crippen molar-refractivity contribution in [3.63, 3.8) is 0 Å². The van der Waals surface area contributed by atoms with Crippen LogP contribution in [0.15, 0.2) is 15.4 Å². The smallest absolute Gasteiger partial charge is 0.268 e. The zero-order valence-electron chi connectivity index (χ0n) is 5.56. The number of hydrogen-bond acceptors (Lipinski definition) is 4. The molecule has 0 spiro atoms. The van der Waals surface area contributed by atoms with Crippen LogP contribution >= 0.6 is 0 Å². The molecule has 2 heterocycles. The van der Waals surface area contributed by atoms with E-state index >= 15 is 0 Å². The molecular formula is C5H8N5. The van der Waals surface area contributed by atoms with Crippen molar-refractivity contribution in [2.45, 2.75) is 12.8 Å². The fraction of sp³-hybridized carbons (Fsp3) is 0.800. The molecule has 2 aliphatic rings. The van der Waals surface area contributed by atoms with Crippen molar-refractivity contribution in [1.29, 1.82) is 0 Å². The minimum atomic E-state index is 0.678. The molecule has 1 fully saturated rings. The molecule has 0 aliphatic carbocycles. The standard InChI is InChI=1S/C5H8N5/c1-2-4-10(3-1)5-6-8-9-7-5/h1-4H2. The van der Waals surface area contributed by atoms with Gasteiger partial charge in [-0.2, -0.15) is 0 Å². The van der Waals surface area contributed by atoms with E-state index in [1.54, 1.807) is 0 Å². The molecule has 2 rings (SSSR count). The van der Waals surface area contributed by atoms with Gasteiger partial charge >= 0.3 is 0 Å². The molecule has 2 aliphatic heterocycles. The van der Waals surface area contributed by atoms with Crippen LogP contribution in [-0.4, -0.2) is 23.9 Å². The topological polar surface area (TPSA) is 54.4 Å². The third kappa shape index (κ3) is 0.832. The van der Waals surface area contributed by atoms with Gasteiger partial charge in [-0.1, -0.05) is 10.2 Å². The molecule has 0 saturated carbocycles. The lowest BCUT2D eigenvalue weighted by Crippen LogP contribution is -2.24. The Morgan fingerprint density at radius 2 is 2.00 bits per heavy atom. The first-order valence-electron chi connectivity index (χ1n) is 3.40. The van der Waals surface area contributed by atoms with Gasteiger partial charge in [-0.25, -0.2) is 0 Å². The highest BCUT2D eigenvalue weighted by Gasteiger charge is 2.18. The average molecular weight is 138 g/mol. The van der Waals surface area contributed by atoms with Gasteiger partial charge in [-0.05, 0) is 23.6 Å². The Morgan fingerprint density at radius 1 is 1.20 bits per heavy atom. The van der Waals surface area contributed by atoms with Gasteiger partial charge in [0.1, 0.15) is 0 Å². The van der Waals surface area contributed by atoms with Crippen molar-refractivity contribution in [2.24, 2.45) is 15.4 Å². The van der Waals surface area contributed by atoms with Crippen LogP contribution in [0.5, 0.6) is 0 Å². The molecule has 5 heteroatoms. The first kappa shape index (κ1) is 5.64. The second-order valence-electron chi connectivity index (χ2n) is 2.37. The van der Waals surface area contributed by atoms with Crippen molar-refractivity contribution in [3.05, 3.63) is 0 Å². The largest absolute Gasteiger partial charge is 0.338 e. The maximum atomic E-state index is 3.75. The molecule has 53 valence electrons. The van der Waals surface area contributed by atoms with Crippen LogP contribution in [0.25, 0.3) is 0 Å². The van der Waals surface area contributed by atoms with Gasteiger partial charge in [-0.3, -0.25) is 0 Å². The molecule has 0 aromatic rings. The Balaban J connectivity index is 2.03. The summed E-state index contributed by atoms with van der Waals surface area (Å²) in [6, 6.07) is 0. The van der Waals surface area contributed by atoms with Crippen molar-refractivity contribution in [2.75, 3.05) is 13.1 Å².